The lowest BCUT2D eigenvalue weighted by molar-refractivity contribution is -0.157. The molecule has 53 heavy (non-hydrogen) atoms. The van der Waals surface area contributed by atoms with Gasteiger partial charge >= 0.3 is 29.8 Å². The number of carboxylic acid groups (broad SMARTS) is 1. The van der Waals surface area contributed by atoms with Gasteiger partial charge in [-0.2, -0.15) is 0 Å². The molecule has 0 bridgehead atoms. The summed E-state index contributed by atoms with van der Waals surface area (Å²) in [4.78, 5) is 74.1. The number of carbonyl (C=O) groups is 6. The van der Waals surface area contributed by atoms with E-state index in [4.69, 9.17) is 14.2 Å². The second-order valence-electron chi connectivity index (χ2n) is 11.4. The largest absolute Gasteiger partial charge is 0.481 e. The second-order valence-corrected chi connectivity index (χ2v) is 11.4. The van der Waals surface area contributed by atoms with Crippen molar-refractivity contribution in [2.45, 2.75) is 77.7 Å². The maximum atomic E-state index is 13.3. The molecular formula is C42H47NO10. The third-order valence-electron chi connectivity index (χ3n) is 7.04. The van der Waals surface area contributed by atoms with Gasteiger partial charge in [0.05, 0.1) is 5.56 Å². The summed E-state index contributed by atoms with van der Waals surface area (Å²) in [5.41, 5.74) is -0.245. The van der Waals surface area contributed by atoms with Gasteiger partial charge in [0.2, 0.25) is 0 Å². The summed E-state index contributed by atoms with van der Waals surface area (Å²) in [7, 11) is 0. The highest BCUT2D eigenvalue weighted by molar-refractivity contribution is 6.02. The van der Waals surface area contributed by atoms with Crippen LogP contribution in [0.1, 0.15) is 92.4 Å². The first-order chi connectivity index (χ1) is 25.6. The number of hydrogen-bond acceptors (Lipinski definition) is 9. The van der Waals surface area contributed by atoms with Crippen LogP contribution < -0.4 is 14.8 Å². The van der Waals surface area contributed by atoms with Gasteiger partial charge < -0.3 is 24.6 Å². The third-order valence-corrected chi connectivity index (χ3v) is 7.04. The molecule has 0 aliphatic rings. The van der Waals surface area contributed by atoms with Crippen LogP contribution in [0.25, 0.3) is 0 Å². The molecule has 0 saturated carbocycles. The van der Waals surface area contributed by atoms with E-state index >= 15 is 0 Å². The van der Waals surface area contributed by atoms with Crippen molar-refractivity contribution >= 4 is 35.8 Å². The summed E-state index contributed by atoms with van der Waals surface area (Å²) in [6.45, 7) is 3.29. The van der Waals surface area contributed by atoms with Gasteiger partial charge in [-0.1, -0.05) is 98.0 Å². The number of aliphatic carboxylic acids is 1. The molecule has 0 fully saturated rings. The summed E-state index contributed by atoms with van der Waals surface area (Å²) in [6.07, 6.45) is 28.5. The predicted octanol–water partition coefficient (Wildman–Crippen LogP) is 7.95. The molecule has 11 nitrogen and oxygen atoms in total. The number of ether oxygens (including phenoxy) is 3. The Labute approximate surface area is 310 Å². The number of hydrogen-bond donors (Lipinski definition) is 2. The van der Waals surface area contributed by atoms with Crippen molar-refractivity contribution in [1.82, 2.24) is 5.32 Å². The number of nitrogens with one attached hydrogen (secondary N) is 1. The average Bonchev–Trinajstić information content (AvgIpc) is 3.12. The molecule has 0 saturated heterocycles. The van der Waals surface area contributed by atoms with Gasteiger partial charge in [-0.05, 0) is 75.6 Å². The SMILES string of the molecule is CCC=CCC=CCC=CCC=CCC=CCC/C=C/C(=O)OC(=O)C(CCC(=O)O)NC(=O)c1ccccc1OC(=O)c1ccccc1OC(C)=O. The molecule has 0 heterocycles. The van der Waals surface area contributed by atoms with Gasteiger partial charge in [-0.15, -0.1) is 0 Å². The number of unbranched alkanes of at least 4 members (excludes halogenated alkanes) is 1. The smallest absolute Gasteiger partial charge is 0.347 e. The van der Waals surface area contributed by atoms with Crippen molar-refractivity contribution in [2.75, 3.05) is 0 Å². The van der Waals surface area contributed by atoms with E-state index in [-0.39, 0.29) is 29.0 Å². The van der Waals surface area contributed by atoms with E-state index in [1.54, 1.807) is 12.1 Å². The topological polar surface area (TPSA) is 162 Å². The first-order valence-corrected chi connectivity index (χ1v) is 17.4. The van der Waals surface area contributed by atoms with Crippen LogP contribution >= 0.6 is 0 Å². The maximum Gasteiger partial charge on any atom is 0.347 e. The number of esters is 4. The number of para-hydroxylation sites is 2. The molecule has 2 aromatic carbocycles. The standard InChI is InChI=1S/C42H47NO10/c1-3-4-5-6-7-8-9-10-11-12-13-14-15-16-17-18-19-20-29-39(47)53-42(50)35(30-31-38(45)46)43-40(48)33-25-21-23-27-36(33)52-41(49)34-26-22-24-28-37(34)51-32(2)44/h4-5,7-8,10-11,13-14,16-17,20-29,35H,3,6,9,12,15,18-19,30-31H2,1-2H3,(H,43,48)(H,45,46)/b5-4?,8-7?,11-10?,14-13?,17-16?,29-20+. The van der Waals surface area contributed by atoms with Crippen LogP contribution in [-0.4, -0.2) is 46.9 Å². The lowest BCUT2D eigenvalue weighted by Gasteiger charge is -2.17. The van der Waals surface area contributed by atoms with Gasteiger partial charge in [-0.25, -0.2) is 14.4 Å². The fourth-order valence-electron chi connectivity index (χ4n) is 4.47. The summed E-state index contributed by atoms with van der Waals surface area (Å²) in [5.74, 6) is -6.08. The lowest BCUT2D eigenvalue weighted by Crippen LogP contribution is -2.43. The van der Waals surface area contributed by atoms with E-state index in [0.717, 1.165) is 38.2 Å². The first kappa shape index (κ1) is 43.1. The van der Waals surface area contributed by atoms with Crippen molar-refractivity contribution in [3.05, 3.63) is 133 Å². The number of carboxylic acids is 1. The monoisotopic (exact) mass is 725 g/mol. The predicted molar refractivity (Wildman–Crippen MR) is 201 cm³/mol. The highest BCUT2D eigenvalue weighted by atomic mass is 16.6. The quantitative estimate of drug-likeness (QED) is 0.0304. The molecule has 0 radical (unpaired) electrons. The summed E-state index contributed by atoms with van der Waals surface area (Å²) in [5, 5.41) is 11.6. The normalized spacial score (nSPS) is 12.3. The minimum atomic E-state index is -1.51. The Morgan fingerprint density at radius 3 is 1.75 bits per heavy atom. The van der Waals surface area contributed by atoms with E-state index in [2.05, 4.69) is 60.8 Å². The lowest BCUT2D eigenvalue weighted by atomic mass is 10.1. The summed E-state index contributed by atoms with van der Waals surface area (Å²) < 4.78 is 15.4. The summed E-state index contributed by atoms with van der Waals surface area (Å²) in [6, 6.07) is 9.99. The number of carbonyl (C=O) groups excluding carboxylic acids is 5. The molecule has 0 spiro atoms. The van der Waals surface area contributed by atoms with Gasteiger partial charge in [0.15, 0.2) is 0 Å². The fraction of sp³-hybridized carbons (Fsp3) is 0.286. The van der Waals surface area contributed by atoms with Crippen molar-refractivity contribution in [2.24, 2.45) is 0 Å². The molecule has 1 unspecified atom stereocenters. The van der Waals surface area contributed by atoms with Crippen LogP contribution in [-0.2, 0) is 23.9 Å². The molecular weight excluding hydrogens is 678 g/mol. The Bertz CT molecular complexity index is 1710. The highest BCUT2D eigenvalue weighted by Crippen LogP contribution is 2.24. The van der Waals surface area contributed by atoms with Gasteiger partial charge in [0, 0.05) is 19.4 Å². The molecule has 11 heteroatoms. The molecule has 2 N–H and O–H groups in total. The van der Waals surface area contributed by atoms with Crippen LogP contribution in [0.5, 0.6) is 11.5 Å². The number of amides is 1. The van der Waals surface area contributed by atoms with E-state index in [1.165, 1.54) is 49.4 Å². The Balaban J connectivity index is 1.88. The fourth-order valence-corrected chi connectivity index (χ4v) is 4.47. The summed E-state index contributed by atoms with van der Waals surface area (Å²) >= 11 is 0. The number of rotatable bonds is 22. The van der Waals surface area contributed by atoms with Gasteiger partial charge in [0.1, 0.15) is 23.1 Å². The molecule has 280 valence electrons. The van der Waals surface area contributed by atoms with Crippen LogP contribution in [0.2, 0.25) is 0 Å². The van der Waals surface area contributed by atoms with Crippen LogP contribution in [0, 0.1) is 0 Å². The van der Waals surface area contributed by atoms with Gasteiger partial charge in [-0.3, -0.25) is 14.4 Å². The van der Waals surface area contributed by atoms with Gasteiger partial charge in [0.25, 0.3) is 5.91 Å². The molecule has 1 amide bonds. The van der Waals surface area contributed by atoms with Crippen molar-refractivity contribution in [1.29, 1.82) is 0 Å². The Morgan fingerprint density at radius 2 is 1.19 bits per heavy atom. The molecule has 2 aromatic rings. The molecule has 0 aromatic heterocycles. The Morgan fingerprint density at radius 1 is 0.679 bits per heavy atom. The minimum Gasteiger partial charge on any atom is -0.481 e. The van der Waals surface area contributed by atoms with E-state index < -0.39 is 48.2 Å². The zero-order chi connectivity index (χ0) is 38.7. The molecule has 2 rings (SSSR count). The van der Waals surface area contributed by atoms with E-state index in [9.17, 15) is 33.9 Å². The second kappa shape index (κ2) is 25.8. The van der Waals surface area contributed by atoms with Crippen molar-refractivity contribution in [3.63, 3.8) is 0 Å². The first-order valence-electron chi connectivity index (χ1n) is 17.4. The number of allylic oxidation sites excluding steroid dienone is 11. The Hall–Kier alpha value is -6.10. The average molecular weight is 726 g/mol. The molecule has 0 aliphatic carbocycles. The zero-order valence-corrected chi connectivity index (χ0v) is 30.1. The van der Waals surface area contributed by atoms with Crippen LogP contribution in [0.15, 0.2) is 121 Å². The molecule has 1 atom stereocenters. The highest BCUT2D eigenvalue weighted by Gasteiger charge is 2.27. The van der Waals surface area contributed by atoms with E-state index in [1.807, 2.05) is 12.2 Å². The third kappa shape index (κ3) is 18.6. The minimum absolute atomic E-state index is 0.0451. The van der Waals surface area contributed by atoms with Crippen molar-refractivity contribution in [3.8, 4) is 11.5 Å². The van der Waals surface area contributed by atoms with Crippen molar-refractivity contribution < 1.29 is 48.1 Å². The number of benzene rings is 2. The zero-order valence-electron chi connectivity index (χ0n) is 30.1. The molecule has 0 aliphatic heterocycles. The Kier molecular flexibility index (Phi) is 21.0. The van der Waals surface area contributed by atoms with E-state index in [0.29, 0.717) is 12.8 Å². The maximum absolute atomic E-state index is 13.3. The van der Waals surface area contributed by atoms with Crippen LogP contribution in [0.4, 0.5) is 0 Å². The van der Waals surface area contributed by atoms with Crippen LogP contribution in [0.3, 0.4) is 0 Å².